The van der Waals surface area contributed by atoms with E-state index in [-0.39, 0.29) is 6.04 Å². The number of carbonyl (C=O) groups excluding carboxylic acids is 1. The molecule has 2 aromatic carbocycles. The van der Waals surface area contributed by atoms with Gasteiger partial charge >= 0.3 is 0 Å². The van der Waals surface area contributed by atoms with Gasteiger partial charge in [-0.3, -0.25) is 4.79 Å². The number of hydrogen-bond acceptors (Lipinski definition) is 4. The highest BCUT2D eigenvalue weighted by Gasteiger charge is 2.26. The maximum absolute atomic E-state index is 11.4. The first-order chi connectivity index (χ1) is 12.3. The van der Waals surface area contributed by atoms with Gasteiger partial charge in [-0.15, -0.1) is 11.8 Å². The van der Waals surface area contributed by atoms with Crippen LogP contribution < -0.4 is 10.1 Å². The van der Waals surface area contributed by atoms with Crippen LogP contribution in [0.1, 0.15) is 53.7 Å². The summed E-state index contributed by atoms with van der Waals surface area (Å²) in [7, 11) is 1.62. The predicted molar refractivity (Wildman–Crippen MR) is 104 cm³/mol. The average Bonchev–Trinajstić information content (AvgIpc) is 2.85. The van der Waals surface area contributed by atoms with E-state index in [2.05, 4.69) is 36.5 Å². The van der Waals surface area contributed by atoms with Gasteiger partial charge in [0, 0.05) is 16.7 Å². The van der Waals surface area contributed by atoms with Gasteiger partial charge < -0.3 is 10.1 Å². The van der Waals surface area contributed by atoms with E-state index in [1.807, 2.05) is 30.0 Å². The zero-order valence-corrected chi connectivity index (χ0v) is 15.6. The van der Waals surface area contributed by atoms with E-state index in [0.29, 0.717) is 17.4 Å². The molecule has 0 fully saturated rings. The van der Waals surface area contributed by atoms with Crippen molar-refractivity contribution in [1.82, 2.24) is 5.32 Å². The highest BCUT2D eigenvalue weighted by Crippen LogP contribution is 2.39. The highest BCUT2D eigenvalue weighted by atomic mass is 32.2. The summed E-state index contributed by atoms with van der Waals surface area (Å²) in [5.74, 6) is 1.66. The predicted octanol–water partition coefficient (Wildman–Crippen LogP) is 4.85. The van der Waals surface area contributed by atoms with Crippen LogP contribution >= 0.6 is 11.8 Å². The molecule has 0 spiro atoms. The fourth-order valence-electron chi connectivity index (χ4n) is 3.31. The molecule has 2 unspecified atom stereocenters. The number of benzene rings is 2. The molecule has 1 N–H and O–H groups in total. The van der Waals surface area contributed by atoms with Gasteiger partial charge in [0.1, 0.15) is 5.75 Å². The number of thioether (sulfide) groups is 1. The third-order valence-electron chi connectivity index (χ3n) is 4.68. The van der Waals surface area contributed by atoms with Crippen LogP contribution in [0.5, 0.6) is 5.75 Å². The third-order valence-corrected chi connectivity index (χ3v) is 5.92. The fourth-order valence-corrected chi connectivity index (χ4v) is 4.51. The van der Waals surface area contributed by atoms with E-state index in [9.17, 15) is 4.79 Å². The maximum Gasteiger partial charge on any atom is 0.153 e. The average molecular weight is 356 g/mol. The molecule has 0 saturated heterocycles. The molecule has 3 nitrogen and oxygen atoms in total. The van der Waals surface area contributed by atoms with Crippen molar-refractivity contribution in [3.63, 3.8) is 0 Å². The van der Waals surface area contributed by atoms with Crippen molar-refractivity contribution < 1.29 is 9.53 Å². The van der Waals surface area contributed by atoms with Crippen molar-refractivity contribution in [3.8, 4) is 5.75 Å². The first-order valence-corrected chi connectivity index (χ1v) is 9.86. The molecule has 0 amide bonds. The lowest BCUT2D eigenvalue weighted by atomic mass is 9.96. The standard InChI is InChI=1S/C21H25NO2S/c1-3-4-10-17-14-25-20-11-16(13-23)19(24-2)12-18(20)21(22-17)15-8-6-5-7-9-15/h5-9,11-13,17,21-22H,3-4,10,14H2,1-2H3. The Bertz CT molecular complexity index is 717. The molecule has 0 aliphatic carbocycles. The first kappa shape index (κ1) is 18.0. The number of methoxy groups -OCH3 is 1. The molecule has 132 valence electrons. The van der Waals surface area contributed by atoms with E-state index < -0.39 is 0 Å². The molecule has 4 heteroatoms. The van der Waals surface area contributed by atoms with Gasteiger partial charge in [0.25, 0.3) is 0 Å². The number of rotatable bonds is 6. The smallest absolute Gasteiger partial charge is 0.153 e. The molecule has 1 aliphatic rings. The Labute approximate surface area is 154 Å². The Morgan fingerprint density at radius 1 is 1.28 bits per heavy atom. The second kappa shape index (κ2) is 8.54. The van der Waals surface area contributed by atoms with Crippen molar-refractivity contribution >= 4 is 18.0 Å². The van der Waals surface area contributed by atoms with Crippen LogP contribution in [-0.2, 0) is 0 Å². The summed E-state index contributed by atoms with van der Waals surface area (Å²) in [4.78, 5) is 12.6. The molecule has 0 aromatic heterocycles. The van der Waals surface area contributed by atoms with E-state index in [0.717, 1.165) is 12.0 Å². The van der Waals surface area contributed by atoms with Crippen LogP contribution in [-0.4, -0.2) is 25.2 Å². The molecule has 0 radical (unpaired) electrons. The van der Waals surface area contributed by atoms with E-state index in [1.54, 1.807) is 7.11 Å². The first-order valence-electron chi connectivity index (χ1n) is 8.87. The molecule has 1 aliphatic heterocycles. The minimum Gasteiger partial charge on any atom is -0.496 e. The molecular weight excluding hydrogens is 330 g/mol. The lowest BCUT2D eigenvalue weighted by molar-refractivity contribution is 0.112. The molecule has 25 heavy (non-hydrogen) atoms. The largest absolute Gasteiger partial charge is 0.496 e. The maximum atomic E-state index is 11.4. The number of aldehydes is 1. The number of hydrogen-bond donors (Lipinski definition) is 1. The highest BCUT2D eigenvalue weighted by molar-refractivity contribution is 7.99. The zero-order valence-electron chi connectivity index (χ0n) is 14.8. The Morgan fingerprint density at radius 3 is 2.76 bits per heavy atom. The summed E-state index contributed by atoms with van der Waals surface area (Å²) in [5, 5.41) is 3.85. The molecule has 3 rings (SSSR count). The van der Waals surface area contributed by atoms with Crippen molar-refractivity contribution in [2.75, 3.05) is 12.9 Å². The van der Waals surface area contributed by atoms with E-state index >= 15 is 0 Å². The topological polar surface area (TPSA) is 38.3 Å². The number of ether oxygens (including phenoxy) is 1. The van der Waals surface area contributed by atoms with Crippen molar-refractivity contribution in [3.05, 3.63) is 59.2 Å². The van der Waals surface area contributed by atoms with Crippen LogP contribution in [0, 0.1) is 0 Å². The van der Waals surface area contributed by atoms with Gasteiger partial charge in [0.15, 0.2) is 6.29 Å². The van der Waals surface area contributed by atoms with Gasteiger partial charge in [-0.2, -0.15) is 0 Å². The minimum absolute atomic E-state index is 0.114. The molecule has 0 bridgehead atoms. The Kier molecular flexibility index (Phi) is 6.16. The van der Waals surface area contributed by atoms with Gasteiger partial charge in [-0.05, 0) is 29.7 Å². The van der Waals surface area contributed by atoms with Gasteiger partial charge in [-0.25, -0.2) is 0 Å². The van der Waals surface area contributed by atoms with Gasteiger partial charge in [-0.1, -0.05) is 50.1 Å². The van der Waals surface area contributed by atoms with Crippen LogP contribution in [0.2, 0.25) is 0 Å². The van der Waals surface area contributed by atoms with Crippen LogP contribution in [0.3, 0.4) is 0 Å². The molecular formula is C21H25NO2S. The summed E-state index contributed by atoms with van der Waals surface area (Å²) in [5.41, 5.74) is 3.05. The lowest BCUT2D eigenvalue weighted by Crippen LogP contribution is -2.34. The summed E-state index contributed by atoms with van der Waals surface area (Å²) in [6, 6.07) is 15.1. The monoisotopic (exact) mass is 355 g/mol. The van der Waals surface area contributed by atoms with Crippen LogP contribution in [0.15, 0.2) is 47.4 Å². The van der Waals surface area contributed by atoms with Crippen LogP contribution in [0.25, 0.3) is 0 Å². The number of carbonyl (C=O) groups is 1. The van der Waals surface area contributed by atoms with Gasteiger partial charge in [0.05, 0.1) is 18.7 Å². The number of fused-ring (bicyclic) bond motifs is 1. The number of nitrogens with one attached hydrogen (secondary N) is 1. The van der Waals surface area contributed by atoms with E-state index in [4.69, 9.17) is 4.74 Å². The number of unbranched alkanes of at least 4 members (excludes halogenated alkanes) is 1. The van der Waals surface area contributed by atoms with Gasteiger partial charge in [0.2, 0.25) is 0 Å². The van der Waals surface area contributed by atoms with Crippen molar-refractivity contribution in [2.45, 2.75) is 43.2 Å². The summed E-state index contributed by atoms with van der Waals surface area (Å²) in [6.07, 6.45) is 4.47. The normalized spacial score (nSPS) is 19.8. The Hall–Kier alpha value is -1.78. The third kappa shape index (κ3) is 4.07. The molecule has 0 saturated carbocycles. The van der Waals surface area contributed by atoms with Crippen molar-refractivity contribution in [2.24, 2.45) is 0 Å². The second-order valence-electron chi connectivity index (χ2n) is 6.41. The summed E-state index contributed by atoms with van der Waals surface area (Å²) >= 11 is 1.84. The quantitative estimate of drug-likeness (QED) is 0.752. The molecule has 2 aromatic rings. The second-order valence-corrected chi connectivity index (χ2v) is 7.47. The minimum atomic E-state index is 0.114. The Balaban J connectivity index is 2.04. The molecule has 1 heterocycles. The molecule has 2 atom stereocenters. The zero-order chi connectivity index (χ0) is 17.6. The van der Waals surface area contributed by atoms with Crippen LogP contribution in [0.4, 0.5) is 0 Å². The van der Waals surface area contributed by atoms with Crippen molar-refractivity contribution in [1.29, 1.82) is 0 Å². The lowest BCUT2D eigenvalue weighted by Gasteiger charge is -2.24. The Morgan fingerprint density at radius 2 is 2.08 bits per heavy atom. The van der Waals surface area contributed by atoms with E-state index in [1.165, 1.54) is 35.3 Å². The summed E-state index contributed by atoms with van der Waals surface area (Å²) in [6.45, 7) is 2.23. The summed E-state index contributed by atoms with van der Waals surface area (Å²) < 4.78 is 5.45. The SMILES string of the molecule is CCCCC1CSc2cc(C=O)c(OC)cc2C(c2ccccc2)N1. The fraction of sp³-hybridized carbons (Fsp3) is 0.381.